The van der Waals surface area contributed by atoms with E-state index in [4.69, 9.17) is 16.0 Å². The van der Waals surface area contributed by atoms with Crippen LogP contribution in [0.5, 0.6) is 0 Å². The van der Waals surface area contributed by atoms with E-state index >= 15 is 0 Å². The molecule has 0 atom stereocenters. The SMILES string of the molecule is CN(C)C(=O)c1cc(-c2ccc(C=O)o2)ccc1Cl. The van der Waals surface area contributed by atoms with E-state index in [0.29, 0.717) is 28.2 Å². The molecule has 4 nitrogen and oxygen atoms in total. The minimum absolute atomic E-state index is 0.186. The van der Waals surface area contributed by atoms with Crippen LogP contribution < -0.4 is 0 Å². The Kier molecular flexibility index (Phi) is 3.71. The largest absolute Gasteiger partial charge is 0.453 e. The van der Waals surface area contributed by atoms with Gasteiger partial charge in [0.05, 0.1) is 10.6 Å². The molecule has 2 rings (SSSR count). The topological polar surface area (TPSA) is 50.5 Å². The van der Waals surface area contributed by atoms with Crippen molar-refractivity contribution in [3.63, 3.8) is 0 Å². The zero-order valence-electron chi connectivity index (χ0n) is 10.5. The van der Waals surface area contributed by atoms with Crippen LogP contribution in [0.15, 0.2) is 34.7 Å². The number of halogens is 1. The molecule has 0 unspecified atom stereocenters. The van der Waals surface area contributed by atoms with E-state index in [2.05, 4.69) is 0 Å². The number of benzene rings is 1. The van der Waals surface area contributed by atoms with Crippen LogP contribution in [0, 0.1) is 0 Å². The fourth-order valence-corrected chi connectivity index (χ4v) is 1.85. The quantitative estimate of drug-likeness (QED) is 0.810. The average Bonchev–Trinajstić information content (AvgIpc) is 2.87. The molecule has 0 aliphatic carbocycles. The molecule has 0 aliphatic heterocycles. The molecule has 19 heavy (non-hydrogen) atoms. The summed E-state index contributed by atoms with van der Waals surface area (Å²) in [4.78, 5) is 24.0. The lowest BCUT2D eigenvalue weighted by Crippen LogP contribution is -2.22. The molecule has 0 bridgehead atoms. The second kappa shape index (κ2) is 5.28. The predicted molar refractivity (Wildman–Crippen MR) is 72.6 cm³/mol. The number of furan rings is 1. The summed E-state index contributed by atoms with van der Waals surface area (Å²) in [7, 11) is 3.31. The molecule has 0 saturated carbocycles. The second-order valence-electron chi connectivity index (χ2n) is 4.21. The average molecular weight is 278 g/mol. The summed E-state index contributed by atoms with van der Waals surface area (Å²) < 4.78 is 5.32. The van der Waals surface area contributed by atoms with Gasteiger partial charge in [-0.3, -0.25) is 9.59 Å². The van der Waals surface area contributed by atoms with Crippen molar-refractivity contribution < 1.29 is 14.0 Å². The van der Waals surface area contributed by atoms with Gasteiger partial charge in [0.25, 0.3) is 5.91 Å². The number of carbonyl (C=O) groups is 2. The summed E-state index contributed by atoms with van der Waals surface area (Å²) in [5.74, 6) is 0.575. The Labute approximate surface area is 115 Å². The van der Waals surface area contributed by atoms with Gasteiger partial charge >= 0.3 is 0 Å². The molecule has 0 aliphatic rings. The van der Waals surface area contributed by atoms with Crippen LogP contribution in [-0.4, -0.2) is 31.2 Å². The van der Waals surface area contributed by atoms with Crippen molar-refractivity contribution in [3.05, 3.63) is 46.7 Å². The van der Waals surface area contributed by atoms with Crippen molar-refractivity contribution in [1.29, 1.82) is 0 Å². The third kappa shape index (κ3) is 2.69. The Balaban J connectivity index is 2.46. The summed E-state index contributed by atoms with van der Waals surface area (Å²) in [5, 5.41) is 0.379. The van der Waals surface area contributed by atoms with Crippen molar-refractivity contribution in [2.24, 2.45) is 0 Å². The van der Waals surface area contributed by atoms with Crippen molar-refractivity contribution >= 4 is 23.8 Å². The number of nitrogens with zero attached hydrogens (tertiary/aromatic N) is 1. The van der Waals surface area contributed by atoms with Gasteiger partial charge in [0.1, 0.15) is 5.76 Å². The molecule has 0 N–H and O–H groups in total. The highest BCUT2D eigenvalue weighted by molar-refractivity contribution is 6.34. The predicted octanol–water partition coefficient (Wildman–Crippen LogP) is 3.11. The minimum Gasteiger partial charge on any atom is -0.453 e. The maximum atomic E-state index is 12.0. The highest BCUT2D eigenvalue weighted by atomic mass is 35.5. The molecular weight excluding hydrogens is 266 g/mol. The number of amides is 1. The highest BCUT2D eigenvalue weighted by Gasteiger charge is 2.14. The summed E-state index contributed by atoms with van der Waals surface area (Å²) in [6, 6.07) is 8.28. The summed E-state index contributed by atoms with van der Waals surface area (Å²) in [6.07, 6.45) is 0.630. The van der Waals surface area contributed by atoms with Gasteiger partial charge in [0.15, 0.2) is 12.0 Å². The number of carbonyl (C=O) groups excluding carboxylic acids is 2. The van der Waals surface area contributed by atoms with Crippen molar-refractivity contribution in [2.45, 2.75) is 0 Å². The van der Waals surface area contributed by atoms with Crippen LogP contribution in [-0.2, 0) is 0 Å². The maximum absolute atomic E-state index is 12.0. The molecule has 0 fully saturated rings. The Hall–Kier alpha value is -2.07. The number of rotatable bonds is 3. The van der Waals surface area contributed by atoms with E-state index in [0.717, 1.165) is 0 Å². The van der Waals surface area contributed by atoms with Crippen LogP contribution in [0.1, 0.15) is 20.9 Å². The first kappa shape index (κ1) is 13.4. The molecule has 0 spiro atoms. The lowest BCUT2D eigenvalue weighted by atomic mass is 10.1. The fraction of sp³-hybridized carbons (Fsp3) is 0.143. The monoisotopic (exact) mass is 277 g/mol. The van der Waals surface area contributed by atoms with E-state index in [-0.39, 0.29) is 11.7 Å². The zero-order valence-corrected chi connectivity index (χ0v) is 11.3. The van der Waals surface area contributed by atoms with Crippen molar-refractivity contribution in [3.8, 4) is 11.3 Å². The molecule has 1 heterocycles. The number of hydrogen-bond acceptors (Lipinski definition) is 3. The molecule has 1 aromatic carbocycles. The van der Waals surface area contributed by atoms with Gasteiger partial charge in [-0.05, 0) is 30.3 Å². The van der Waals surface area contributed by atoms with Gasteiger partial charge in [0.2, 0.25) is 0 Å². The highest BCUT2D eigenvalue weighted by Crippen LogP contribution is 2.27. The first-order valence-electron chi connectivity index (χ1n) is 5.59. The molecule has 1 amide bonds. The zero-order chi connectivity index (χ0) is 14.0. The van der Waals surface area contributed by atoms with E-state index in [1.54, 1.807) is 44.4 Å². The summed E-state index contributed by atoms with van der Waals surface area (Å²) in [6.45, 7) is 0. The van der Waals surface area contributed by atoms with Crippen LogP contribution >= 0.6 is 11.6 Å². The Bertz CT molecular complexity index is 631. The van der Waals surface area contributed by atoms with Crippen LogP contribution in [0.25, 0.3) is 11.3 Å². The normalized spacial score (nSPS) is 10.3. The maximum Gasteiger partial charge on any atom is 0.254 e. The van der Waals surface area contributed by atoms with Gasteiger partial charge in [0, 0.05) is 19.7 Å². The third-order valence-electron chi connectivity index (χ3n) is 2.63. The van der Waals surface area contributed by atoms with Crippen LogP contribution in [0.3, 0.4) is 0 Å². The first-order chi connectivity index (χ1) is 9.02. The second-order valence-corrected chi connectivity index (χ2v) is 4.62. The first-order valence-corrected chi connectivity index (χ1v) is 5.97. The van der Waals surface area contributed by atoms with E-state index in [1.807, 2.05) is 0 Å². The van der Waals surface area contributed by atoms with Gasteiger partial charge in [-0.15, -0.1) is 0 Å². The molecule has 2 aromatic rings. The standard InChI is InChI=1S/C14H12ClNO3/c1-16(2)14(18)11-7-9(3-5-12(11)15)13-6-4-10(8-17)19-13/h3-8H,1-2H3. The van der Waals surface area contributed by atoms with Crippen molar-refractivity contribution in [2.75, 3.05) is 14.1 Å². The Morgan fingerprint density at radius 2 is 2.00 bits per heavy atom. The van der Waals surface area contributed by atoms with Gasteiger partial charge in [-0.2, -0.15) is 0 Å². The smallest absolute Gasteiger partial charge is 0.254 e. The number of hydrogen-bond donors (Lipinski definition) is 0. The molecule has 5 heteroatoms. The number of aldehydes is 1. The molecule has 0 radical (unpaired) electrons. The van der Waals surface area contributed by atoms with Gasteiger partial charge in [-0.25, -0.2) is 0 Å². The lowest BCUT2D eigenvalue weighted by molar-refractivity contribution is 0.0827. The summed E-state index contributed by atoms with van der Waals surface area (Å²) in [5.41, 5.74) is 1.09. The van der Waals surface area contributed by atoms with Crippen LogP contribution in [0.2, 0.25) is 5.02 Å². The Morgan fingerprint density at radius 1 is 1.26 bits per heavy atom. The van der Waals surface area contributed by atoms with E-state index < -0.39 is 0 Å². The molecule has 98 valence electrons. The van der Waals surface area contributed by atoms with E-state index in [1.165, 1.54) is 4.90 Å². The van der Waals surface area contributed by atoms with Crippen LogP contribution in [0.4, 0.5) is 0 Å². The summed E-state index contributed by atoms with van der Waals surface area (Å²) >= 11 is 6.02. The van der Waals surface area contributed by atoms with Gasteiger partial charge in [-0.1, -0.05) is 11.6 Å². The molecule has 0 saturated heterocycles. The van der Waals surface area contributed by atoms with Crippen molar-refractivity contribution in [1.82, 2.24) is 4.90 Å². The minimum atomic E-state index is -0.186. The third-order valence-corrected chi connectivity index (χ3v) is 2.96. The molecule has 1 aromatic heterocycles. The Morgan fingerprint density at radius 3 is 2.58 bits per heavy atom. The fourth-order valence-electron chi connectivity index (χ4n) is 1.65. The molecular formula is C14H12ClNO3. The van der Waals surface area contributed by atoms with Gasteiger partial charge < -0.3 is 9.32 Å². The lowest BCUT2D eigenvalue weighted by Gasteiger charge is -2.12. The van der Waals surface area contributed by atoms with E-state index in [9.17, 15) is 9.59 Å².